The van der Waals surface area contributed by atoms with Crippen molar-refractivity contribution in [3.63, 3.8) is 0 Å². The molecule has 0 spiro atoms. The highest BCUT2D eigenvalue weighted by Gasteiger charge is 2.23. The fraction of sp³-hybridized carbons (Fsp3) is 0.318. The highest BCUT2D eigenvalue weighted by molar-refractivity contribution is 5.77. The molecule has 0 aromatic carbocycles. The van der Waals surface area contributed by atoms with Crippen LogP contribution in [0.4, 0.5) is 8.78 Å². The number of hydrogen-bond donors (Lipinski definition) is 1. The lowest BCUT2D eigenvalue weighted by atomic mass is 10.0. The van der Waals surface area contributed by atoms with Crippen LogP contribution in [0.15, 0.2) is 62.6 Å². The molecule has 31 heavy (non-hydrogen) atoms. The van der Waals surface area contributed by atoms with E-state index < -0.39 is 17.1 Å². The van der Waals surface area contributed by atoms with E-state index in [0.717, 1.165) is 10.1 Å². The lowest BCUT2D eigenvalue weighted by Crippen LogP contribution is -2.40. The molecule has 7 nitrogen and oxygen atoms in total. The van der Waals surface area contributed by atoms with Crippen LogP contribution in [0, 0.1) is 0 Å². The van der Waals surface area contributed by atoms with Crippen LogP contribution in [0.3, 0.4) is 0 Å². The Bertz CT molecular complexity index is 1390. The van der Waals surface area contributed by atoms with E-state index in [1.807, 2.05) is 0 Å². The van der Waals surface area contributed by atoms with Gasteiger partial charge in [0.25, 0.3) is 5.56 Å². The Balaban J connectivity index is 2.01. The number of aliphatic hydroxyl groups is 1. The third-order valence-electron chi connectivity index (χ3n) is 5.26. The Morgan fingerprint density at radius 2 is 1.94 bits per heavy atom. The minimum Gasteiger partial charge on any atom is -0.396 e. The van der Waals surface area contributed by atoms with Gasteiger partial charge in [-0.3, -0.25) is 13.9 Å². The van der Waals surface area contributed by atoms with Crippen LogP contribution < -0.4 is 11.2 Å². The maximum atomic E-state index is 13.5. The summed E-state index contributed by atoms with van der Waals surface area (Å²) >= 11 is 0. The fourth-order valence-corrected chi connectivity index (χ4v) is 3.65. The van der Waals surface area contributed by atoms with Gasteiger partial charge in [-0.15, -0.1) is 0 Å². The van der Waals surface area contributed by atoms with Crippen molar-refractivity contribution in [2.45, 2.75) is 32.4 Å². The van der Waals surface area contributed by atoms with E-state index in [-0.39, 0.29) is 49.5 Å². The van der Waals surface area contributed by atoms with Gasteiger partial charge in [0.1, 0.15) is 11.7 Å². The van der Waals surface area contributed by atoms with Gasteiger partial charge < -0.3 is 9.67 Å². The summed E-state index contributed by atoms with van der Waals surface area (Å²) in [5, 5.41) is 9.14. The van der Waals surface area contributed by atoms with E-state index in [0.29, 0.717) is 17.8 Å². The molecule has 0 radical (unpaired) electrons. The third-order valence-corrected chi connectivity index (χ3v) is 5.26. The van der Waals surface area contributed by atoms with Crippen molar-refractivity contribution < 1.29 is 13.9 Å². The lowest BCUT2D eigenvalue weighted by Gasteiger charge is -2.14. The second-order valence-electron chi connectivity index (χ2n) is 7.33. The Kier molecular flexibility index (Phi) is 5.57. The maximum absolute atomic E-state index is 13.5. The smallest absolute Gasteiger partial charge is 0.332 e. The number of aliphatic hydroxyl groups excluding tert-OH is 1. The molecule has 1 N–H and O–H groups in total. The molecule has 2 aromatic heterocycles. The van der Waals surface area contributed by atoms with E-state index in [9.17, 15) is 18.4 Å². The molecule has 0 unspecified atom stereocenters. The van der Waals surface area contributed by atoms with E-state index in [1.165, 1.54) is 29.8 Å². The molecule has 160 valence electrons. The van der Waals surface area contributed by atoms with Crippen molar-refractivity contribution in [2.24, 2.45) is 7.05 Å². The van der Waals surface area contributed by atoms with Gasteiger partial charge in [-0.25, -0.2) is 14.2 Å². The quantitative estimate of drug-likeness (QED) is 0.720. The number of imidazole rings is 1. The molecule has 2 aliphatic rings. The molecule has 0 fully saturated rings. The molecule has 0 bridgehead atoms. The summed E-state index contributed by atoms with van der Waals surface area (Å²) in [5.74, 6) is -0.362. The highest BCUT2D eigenvalue weighted by atomic mass is 19.1. The molecule has 0 saturated carbocycles. The first-order chi connectivity index (χ1) is 14.9. The Morgan fingerprint density at radius 3 is 2.58 bits per heavy atom. The summed E-state index contributed by atoms with van der Waals surface area (Å²) in [4.78, 5) is 30.5. The molecular weight excluding hydrogens is 406 g/mol. The monoisotopic (exact) mass is 426 g/mol. The van der Waals surface area contributed by atoms with E-state index >= 15 is 0 Å². The molecule has 0 aliphatic heterocycles. The van der Waals surface area contributed by atoms with Crippen LogP contribution in [-0.2, 0) is 20.1 Å². The predicted molar refractivity (Wildman–Crippen MR) is 112 cm³/mol. The highest BCUT2D eigenvalue weighted by Crippen LogP contribution is 2.29. The predicted octanol–water partition coefficient (Wildman–Crippen LogP) is 2.41. The molecule has 0 atom stereocenters. The fourth-order valence-electron chi connectivity index (χ4n) is 3.65. The Labute approximate surface area is 175 Å². The van der Waals surface area contributed by atoms with Crippen molar-refractivity contribution in [2.75, 3.05) is 6.61 Å². The molecule has 2 aliphatic carbocycles. The van der Waals surface area contributed by atoms with Crippen LogP contribution in [0.2, 0.25) is 0 Å². The number of allylic oxidation sites excluding steroid dienone is 8. The number of fused-ring (bicyclic) bond motifs is 1. The first-order valence-electron chi connectivity index (χ1n) is 9.85. The van der Waals surface area contributed by atoms with Gasteiger partial charge in [-0.05, 0) is 42.4 Å². The van der Waals surface area contributed by atoms with Gasteiger partial charge in [0.05, 0.1) is 6.54 Å². The number of hydrogen-bond acceptors (Lipinski definition) is 4. The summed E-state index contributed by atoms with van der Waals surface area (Å²) in [6.07, 6.45) is 6.60. The van der Waals surface area contributed by atoms with Crippen LogP contribution in [0.5, 0.6) is 0 Å². The summed E-state index contributed by atoms with van der Waals surface area (Å²) in [5.41, 5.74) is 5.71. The lowest BCUT2D eigenvalue weighted by molar-refractivity contribution is 0.277. The average Bonchev–Trinajstić information content (AvgIpc) is 3.14. The minimum absolute atomic E-state index is 0.0611. The third kappa shape index (κ3) is 3.82. The number of halogens is 2. The second-order valence-corrected chi connectivity index (χ2v) is 7.33. The SMILES string of the molecule is Cn1c(=O)n(CCCO)c(=O)c2c1nc(C1=CC=C(F)CC1)n2CC1=C=C=C(F)C=C1. The van der Waals surface area contributed by atoms with Crippen molar-refractivity contribution in [3.05, 3.63) is 79.7 Å². The van der Waals surface area contributed by atoms with Crippen LogP contribution in [0.1, 0.15) is 25.1 Å². The van der Waals surface area contributed by atoms with Gasteiger partial charge in [-0.2, -0.15) is 4.39 Å². The van der Waals surface area contributed by atoms with E-state index in [4.69, 9.17) is 5.11 Å². The zero-order valence-electron chi connectivity index (χ0n) is 16.9. The van der Waals surface area contributed by atoms with Gasteiger partial charge in [0.2, 0.25) is 0 Å². The van der Waals surface area contributed by atoms with Gasteiger partial charge >= 0.3 is 5.69 Å². The number of aryl methyl sites for hydroxylation is 1. The standard InChI is InChI=1S/C22H20F2N4O3/c1-26-20-18(21(30)27(22(26)31)11-2-12-29)28(13-14-3-7-16(23)8-4-14)19(25-20)15-5-9-17(24)10-6-15/h3,5,7,9,29H,2,6,10-13H2,1H3. The first kappa shape index (κ1) is 20.8. The number of nitrogens with zero attached hydrogens (tertiary/aromatic N) is 4. The van der Waals surface area contributed by atoms with Crippen molar-refractivity contribution >= 4 is 16.7 Å². The average molecular weight is 426 g/mol. The number of aromatic nitrogens is 4. The van der Waals surface area contributed by atoms with Crippen molar-refractivity contribution in [1.29, 1.82) is 0 Å². The molecule has 2 heterocycles. The Morgan fingerprint density at radius 1 is 1.13 bits per heavy atom. The second kappa shape index (κ2) is 8.32. The largest absolute Gasteiger partial charge is 0.396 e. The Hall–Kier alpha value is -3.51. The van der Waals surface area contributed by atoms with Crippen LogP contribution >= 0.6 is 0 Å². The van der Waals surface area contributed by atoms with Crippen LogP contribution in [0.25, 0.3) is 16.7 Å². The van der Waals surface area contributed by atoms with E-state index in [1.54, 1.807) is 10.6 Å². The van der Waals surface area contributed by atoms with E-state index in [2.05, 4.69) is 16.4 Å². The zero-order valence-corrected chi connectivity index (χ0v) is 16.9. The molecule has 0 saturated heterocycles. The topological polar surface area (TPSA) is 82.0 Å². The van der Waals surface area contributed by atoms with Crippen molar-refractivity contribution in [3.8, 4) is 0 Å². The molecule has 9 heteroatoms. The molecular formula is C22H20F2N4O3. The van der Waals surface area contributed by atoms with Gasteiger partial charge in [0, 0.05) is 32.2 Å². The van der Waals surface area contributed by atoms with Gasteiger partial charge in [0.15, 0.2) is 17.0 Å². The normalized spacial score (nSPS) is 15.7. The maximum Gasteiger partial charge on any atom is 0.332 e. The first-order valence-corrected chi connectivity index (χ1v) is 9.85. The van der Waals surface area contributed by atoms with Crippen molar-refractivity contribution in [1.82, 2.24) is 18.7 Å². The number of rotatable bonds is 6. The summed E-state index contributed by atoms with van der Waals surface area (Å²) in [6, 6.07) is 0. The summed E-state index contributed by atoms with van der Waals surface area (Å²) in [6.45, 7) is 0.0362. The van der Waals surface area contributed by atoms with Crippen LogP contribution in [-0.4, -0.2) is 30.4 Å². The zero-order chi connectivity index (χ0) is 22.1. The van der Waals surface area contributed by atoms with Gasteiger partial charge in [-0.1, -0.05) is 11.8 Å². The summed E-state index contributed by atoms with van der Waals surface area (Å²) in [7, 11) is 1.52. The minimum atomic E-state index is -0.552. The molecule has 0 amide bonds. The molecule has 2 aromatic rings. The summed E-state index contributed by atoms with van der Waals surface area (Å²) < 4.78 is 30.8. The molecule has 4 rings (SSSR count).